The quantitative estimate of drug-likeness (QED) is 0.263. The van der Waals surface area contributed by atoms with Gasteiger partial charge in [-0.15, -0.1) is 6.58 Å². The Hall–Kier alpha value is -2.94. The number of benzene rings is 1. The molecule has 0 fully saturated rings. The summed E-state index contributed by atoms with van der Waals surface area (Å²) in [5, 5.41) is 25.0. The van der Waals surface area contributed by atoms with E-state index in [1.165, 1.54) is 25.1 Å². The zero-order chi connectivity index (χ0) is 18.1. The number of rotatable bonds is 9. The summed E-state index contributed by atoms with van der Waals surface area (Å²) in [5.74, 6) is -1.40. The van der Waals surface area contributed by atoms with Gasteiger partial charge in [-0.1, -0.05) is 6.08 Å². The largest absolute Gasteiger partial charge is 0.449 e. The molecular formula is C15H19N3O6. The van der Waals surface area contributed by atoms with Crippen molar-refractivity contribution in [3.63, 3.8) is 0 Å². The number of nitrogens with one attached hydrogen (secondary N) is 2. The predicted molar refractivity (Wildman–Crippen MR) is 86.8 cm³/mol. The molecule has 1 atom stereocenters. The van der Waals surface area contributed by atoms with Gasteiger partial charge in [0.1, 0.15) is 0 Å². The van der Waals surface area contributed by atoms with Gasteiger partial charge >= 0.3 is 5.97 Å². The second-order valence-electron chi connectivity index (χ2n) is 4.72. The number of nitrogens with zero attached hydrogens (tertiary/aromatic N) is 1. The van der Waals surface area contributed by atoms with Gasteiger partial charge in [-0.3, -0.25) is 14.9 Å². The molecule has 24 heavy (non-hydrogen) atoms. The number of anilines is 1. The molecule has 0 aromatic heterocycles. The predicted octanol–water partition coefficient (Wildman–Crippen LogP) is 0.846. The van der Waals surface area contributed by atoms with Crippen LogP contribution in [0.15, 0.2) is 30.9 Å². The van der Waals surface area contributed by atoms with Crippen molar-refractivity contribution >= 4 is 23.3 Å². The number of non-ortho nitro benzene ring substituents is 1. The maximum absolute atomic E-state index is 12.2. The second kappa shape index (κ2) is 9.26. The first-order valence-electron chi connectivity index (χ1n) is 7.13. The topological polar surface area (TPSA) is 131 Å². The molecule has 9 nitrogen and oxygen atoms in total. The minimum Gasteiger partial charge on any atom is -0.449 e. The van der Waals surface area contributed by atoms with Crippen LogP contribution in [0.3, 0.4) is 0 Å². The molecule has 0 aliphatic carbocycles. The third-order valence-corrected chi connectivity index (χ3v) is 2.93. The van der Waals surface area contributed by atoms with Gasteiger partial charge in [-0.25, -0.2) is 4.79 Å². The van der Waals surface area contributed by atoms with Crippen molar-refractivity contribution in [3.8, 4) is 0 Å². The number of hydrogen-bond donors (Lipinski definition) is 3. The number of hydrogen-bond acceptors (Lipinski definition) is 7. The first-order chi connectivity index (χ1) is 11.4. The molecule has 1 aromatic rings. The van der Waals surface area contributed by atoms with Crippen LogP contribution in [-0.4, -0.2) is 47.7 Å². The fourth-order valence-electron chi connectivity index (χ4n) is 1.75. The number of aliphatic hydroxyl groups excluding tert-OH is 1. The molecule has 0 radical (unpaired) electrons. The van der Waals surface area contributed by atoms with E-state index < -0.39 is 22.9 Å². The summed E-state index contributed by atoms with van der Waals surface area (Å²) in [7, 11) is 0. The van der Waals surface area contributed by atoms with Gasteiger partial charge in [0, 0.05) is 30.9 Å². The molecule has 1 amide bonds. The van der Waals surface area contributed by atoms with Gasteiger partial charge in [0.05, 0.1) is 17.1 Å². The van der Waals surface area contributed by atoms with Crippen LogP contribution >= 0.6 is 0 Å². The van der Waals surface area contributed by atoms with Crippen LogP contribution in [0.25, 0.3) is 0 Å². The van der Waals surface area contributed by atoms with E-state index in [2.05, 4.69) is 17.2 Å². The number of carbonyl (C=O) groups excluding carboxylic acids is 2. The van der Waals surface area contributed by atoms with Gasteiger partial charge in [0.25, 0.3) is 11.6 Å². The average Bonchev–Trinajstić information content (AvgIpc) is 2.57. The van der Waals surface area contributed by atoms with Crippen LogP contribution in [0.2, 0.25) is 0 Å². The van der Waals surface area contributed by atoms with Gasteiger partial charge in [0.15, 0.2) is 6.10 Å². The molecule has 0 saturated carbocycles. The molecule has 0 aliphatic heterocycles. The summed E-state index contributed by atoms with van der Waals surface area (Å²) >= 11 is 0. The molecule has 130 valence electrons. The summed E-state index contributed by atoms with van der Waals surface area (Å²) in [6.45, 7) is 5.02. The number of esters is 1. The highest BCUT2D eigenvalue weighted by molar-refractivity contribution is 5.98. The highest BCUT2D eigenvalue weighted by Crippen LogP contribution is 2.23. The van der Waals surface area contributed by atoms with Crippen molar-refractivity contribution in [1.82, 2.24) is 5.32 Å². The van der Waals surface area contributed by atoms with Gasteiger partial charge < -0.3 is 20.5 Å². The lowest BCUT2D eigenvalue weighted by Crippen LogP contribution is -2.36. The number of nitro benzene ring substituents is 1. The van der Waals surface area contributed by atoms with E-state index in [-0.39, 0.29) is 36.6 Å². The average molecular weight is 337 g/mol. The third-order valence-electron chi connectivity index (χ3n) is 2.93. The Labute approximate surface area is 138 Å². The maximum Gasteiger partial charge on any atom is 0.341 e. The number of amides is 1. The Morgan fingerprint density at radius 1 is 1.50 bits per heavy atom. The maximum atomic E-state index is 12.2. The standard InChI is InChI=1S/C15H19N3O6/c1-3-6-17-14(20)10(2)24-15(21)12-9-11(18(22)23)4-5-13(12)16-7-8-19/h3-5,9-10,16,19H,1,6-8H2,2H3,(H,17,20)/t10-/m0/s1. The molecule has 1 rings (SSSR count). The van der Waals surface area contributed by atoms with Gasteiger partial charge in [-0.05, 0) is 13.0 Å². The first kappa shape index (κ1) is 19.1. The smallest absolute Gasteiger partial charge is 0.341 e. The van der Waals surface area contributed by atoms with Crippen LogP contribution < -0.4 is 10.6 Å². The second-order valence-corrected chi connectivity index (χ2v) is 4.72. The van der Waals surface area contributed by atoms with Crippen LogP contribution in [0, 0.1) is 10.1 Å². The van der Waals surface area contributed by atoms with E-state index in [9.17, 15) is 19.7 Å². The SMILES string of the molecule is C=CCNC(=O)[C@H](C)OC(=O)c1cc([N+](=O)[O-])ccc1NCCO. The molecule has 0 bridgehead atoms. The van der Waals surface area contributed by atoms with E-state index in [1.54, 1.807) is 0 Å². The summed E-state index contributed by atoms with van der Waals surface area (Å²) in [6, 6.07) is 3.61. The zero-order valence-corrected chi connectivity index (χ0v) is 13.2. The van der Waals surface area contributed by atoms with Gasteiger partial charge in [-0.2, -0.15) is 0 Å². The van der Waals surface area contributed by atoms with Crippen LogP contribution in [0.4, 0.5) is 11.4 Å². The lowest BCUT2D eigenvalue weighted by Gasteiger charge is -2.15. The fraction of sp³-hybridized carbons (Fsp3) is 0.333. The van der Waals surface area contributed by atoms with Crippen LogP contribution in [-0.2, 0) is 9.53 Å². The zero-order valence-electron chi connectivity index (χ0n) is 13.2. The summed E-state index contributed by atoms with van der Waals surface area (Å²) < 4.78 is 5.04. The first-order valence-corrected chi connectivity index (χ1v) is 7.13. The Bertz CT molecular complexity index is 632. The molecule has 9 heteroatoms. The van der Waals surface area contributed by atoms with Crippen molar-refractivity contribution in [2.24, 2.45) is 0 Å². The lowest BCUT2D eigenvalue weighted by molar-refractivity contribution is -0.384. The van der Waals surface area contributed by atoms with Crippen molar-refractivity contribution in [2.75, 3.05) is 25.0 Å². The molecule has 3 N–H and O–H groups in total. The Morgan fingerprint density at radius 3 is 2.79 bits per heavy atom. The Balaban J connectivity index is 2.97. The van der Waals surface area contributed by atoms with Gasteiger partial charge in [0.2, 0.25) is 0 Å². The van der Waals surface area contributed by atoms with E-state index in [0.717, 1.165) is 6.07 Å². The van der Waals surface area contributed by atoms with Crippen molar-refractivity contribution in [3.05, 3.63) is 46.5 Å². The summed E-state index contributed by atoms with van der Waals surface area (Å²) in [6.07, 6.45) is 0.395. The lowest BCUT2D eigenvalue weighted by atomic mass is 10.1. The molecule has 0 saturated heterocycles. The molecule has 0 heterocycles. The minimum absolute atomic E-state index is 0.0963. The molecule has 0 unspecified atom stereocenters. The number of aliphatic hydroxyl groups is 1. The number of ether oxygens (including phenoxy) is 1. The van der Waals surface area contributed by atoms with E-state index in [4.69, 9.17) is 9.84 Å². The third kappa shape index (κ3) is 5.36. The molecule has 1 aromatic carbocycles. The summed E-state index contributed by atoms with van der Waals surface area (Å²) in [4.78, 5) is 34.2. The molecule has 0 spiro atoms. The van der Waals surface area contributed by atoms with Crippen LogP contribution in [0.1, 0.15) is 17.3 Å². The van der Waals surface area contributed by atoms with Crippen molar-refractivity contribution in [1.29, 1.82) is 0 Å². The molecule has 0 aliphatic rings. The number of carbonyl (C=O) groups is 2. The highest BCUT2D eigenvalue weighted by atomic mass is 16.6. The summed E-state index contributed by atoms with van der Waals surface area (Å²) in [5.41, 5.74) is -0.125. The monoisotopic (exact) mass is 337 g/mol. The highest BCUT2D eigenvalue weighted by Gasteiger charge is 2.22. The Morgan fingerprint density at radius 2 is 2.21 bits per heavy atom. The van der Waals surface area contributed by atoms with E-state index >= 15 is 0 Å². The van der Waals surface area contributed by atoms with Crippen molar-refractivity contribution in [2.45, 2.75) is 13.0 Å². The minimum atomic E-state index is -1.08. The number of nitro groups is 1. The normalized spacial score (nSPS) is 11.2. The van der Waals surface area contributed by atoms with E-state index in [0.29, 0.717) is 0 Å². The fourth-order valence-corrected chi connectivity index (χ4v) is 1.75. The van der Waals surface area contributed by atoms with E-state index in [1.807, 2.05) is 0 Å². The van der Waals surface area contributed by atoms with Crippen LogP contribution in [0.5, 0.6) is 0 Å². The molecular weight excluding hydrogens is 318 g/mol. The Kier molecular flexibility index (Phi) is 7.37. The van der Waals surface area contributed by atoms with Crippen molar-refractivity contribution < 1.29 is 24.4 Å².